The van der Waals surface area contributed by atoms with Gasteiger partial charge in [-0.05, 0) is 20.9 Å². The van der Waals surface area contributed by atoms with E-state index in [1.807, 2.05) is 31.8 Å². The molecule has 2 aliphatic heterocycles. The number of ether oxygens (including phenoxy) is 1. The smallest absolute Gasteiger partial charge is 0.270 e. The molecule has 4 heterocycles. The molecule has 0 bridgehead atoms. The molecule has 0 radical (unpaired) electrons. The number of aryl methyl sites for hydroxylation is 1. The highest BCUT2D eigenvalue weighted by Crippen LogP contribution is 2.31. The van der Waals surface area contributed by atoms with E-state index >= 15 is 0 Å². The molecular weight excluding hydrogens is 332 g/mol. The molecule has 140 valence electrons. The second-order valence-electron chi connectivity index (χ2n) is 7.39. The Labute approximate surface area is 153 Å². The van der Waals surface area contributed by atoms with Gasteiger partial charge in [-0.1, -0.05) is 0 Å². The molecule has 0 aromatic carbocycles. The average Bonchev–Trinajstić information content (AvgIpc) is 3.13. The summed E-state index contributed by atoms with van der Waals surface area (Å²) in [5, 5.41) is 12.0. The third kappa shape index (κ3) is 2.93. The van der Waals surface area contributed by atoms with E-state index in [0.29, 0.717) is 18.7 Å². The number of amides is 1. The summed E-state index contributed by atoms with van der Waals surface area (Å²) in [6.07, 6.45) is 2.58. The maximum atomic E-state index is 12.9. The summed E-state index contributed by atoms with van der Waals surface area (Å²) in [4.78, 5) is 15.2. The zero-order valence-electron chi connectivity index (χ0n) is 15.8. The first-order chi connectivity index (χ1) is 12.4. The molecule has 1 amide bonds. The molecular formula is C18H26N6O2. The highest BCUT2D eigenvalue weighted by Gasteiger charge is 2.31. The Balaban J connectivity index is 1.53. The number of likely N-dealkylation sites (N-methyl/N-ethyl adjacent to an activating group) is 1. The van der Waals surface area contributed by atoms with Crippen LogP contribution in [0.25, 0.3) is 0 Å². The molecule has 2 aliphatic rings. The van der Waals surface area contributed by atoms with E-state index in [4.69, 9.17) is 4.74 Å². The molecule has 0 saturated heterocycles. The van der Waals surface area contributed by atoms with E-state index in [1.165, 1.54) is 5.69 Å². The Hall–Kier alpha value is -2.19. The summed E-state index contributed by atoms with van der Waals surface area (Å²) in [6.45, 7) is 7.25. The number of hydrogen-bond acceptors (Lipinski definition) is 5. The van der Waals surface area contributed by atoms with E-state index < -0.39 is 0 Å². The quantitative estimate of drug-likeness (QED) is 0.886. The Morgan fingerprint density at radius 1 is 1.35 bits per heavy atom. The lowest BCUT2D eigenvalue weighted by Crippen LogP contribution is -2.32. The molecule has 2 aromatic heterocycles. The molecule has 2 atom stereocenters. The zero-order chi connectivity index (χ0) is 18.4. The van der Waals surface area contributed by atoms with Crippen molar-refractivity contribution in [3.63, 3.8) is 0 Å². The molecule has 0 fully saturated rings. The fourth-order valence-electron chi connectivity index (χ4n) is 3.98. The van der Waals surface area contributed by atoms with Gasteiger partial charge in [-0.15, -0.1) is 0 Å². The van der Waals surface area contributed by atoms with E-state index in [9.17, 15) is 4.79 Å². The number of hydrogen-bond donors (Lipinski definition) is 1. The second-order valence-corrected chi connectivity index (χ2v) is 7.39. The predicted molar refractivity (Wildman–Crippen MR) is 95.6 cm³/mol. The van der Waals surface area contributed by atoms with Crippen LogP contribution in [-0.2, 0) is 37.8 Å². The third-order valence-corrected chi connectivity index (χ3v) is 5.29. The van der Waals surface area contributed by atoms with Gasteiger partial charge in [-0.2, -0.15) is 10.2 Å². The molecule has 0 aliphatic carbocycles. The van der Waals surface area contributed by atoms with Gasteiger partial charge in [0.15, 0.2) is 0 Å². The van der Waals surface area contributed by atoms with Gasteiger partial charge in [0.25, 0.3) is 5.91 Å². The van der Waals surface area contributed by atoms with Crippen molar-refractivity contribution in [3.05, 3.63) is 34.4 Å². The Bertz CT molecular complexity index is 839. The van der Waals surface area contributed by atoms with Crippen molar-refractivity contribution >= 4 is 5.91 Å². The molecule has 2 aromatic rings. The summed E-state index contributed by atoms with van der Waals surface area (Å²) >= 11 is 0. The fraction of sp³-hybridized carbons (Fsp3) is 0.611. The van der Waals surface area contributed by atoms with Crippen molar-refractivity contribution < 1.29 is 9.53 Å². The number of fused-ring (bicyclic) bond motifs is 2. The van der Waals surface area contributed by atoms with Gasteiger partial charge in [0.2, 0.25) is 0 Å². The van der Waals surface area contributed by atoms with Crippen LogP contribution in [0.2, 0.25) is 0 Å². The van der Waals surface area contributed by atoms with E-state index in [1.54, 1.807) is 4.68 Å². The number of nitrogens with zero attached hydrogens (tertiary/aromatic N) is 5. The molecule has 0 saturated carbocycles. The molecule has 8 nitrogen and oxygen atoms in total. The molecule has 1 N–H and O–H groups in total. The standard InChI is InChI=1S/C18H26N6O2/c1-11-7-14-16(12(2)26-11)21-23(4)17(14)18(25)19-8-13-9-20-24-6-5-22(3)10-15(13)24/h9,11-12H,5-8,10H2,1-4H3,(H,19,25)/t11-,12+/m1/s1. The molecule has 8 heteroatoms. The minimum Gasteiger partial charge on any atom is -0.369 e. The third-order valence-electron chi connectivity index (χ3n) is 5.29. The Kier molecular flexibility index (Phi) is 4.32. The molecule has 26 heavy (non-hydrogen) atoms. The van der Waals surface area contributed by atoms with Gasteiger partial charge in [0.1, 0.15) is 5.69 Å². The highest BCUT2D eigenvalue weighted by molar-refractivity contribution is 5.94. The fourth-order valence-corrected chi connectivity index (χ4v) is 3.98. The van der Waals surface area contributed by atoms with Gasteiger partial charge in [0.05, 0.1) is 36.3 Å². The van der Waals surface area contributed by atoms with Crippen molar-refractivity contribution in [1.29, 1.82) is 0 Å². The van der Waals surface area contributed by atoms with Crippen LogP contribution in [0.3, 0.4) is 0 Å². The second kappa shape index (κ2) is 6.51. The zero-order valence-corrected chi connectivity index (χ0v) is 15.8. The van der Waals surface area contributed by atoms with Crippen LogP contribution in [-0.4, -0.2) is 50.1 Å². The predicted octanol–water partition coefficient (Wildman–Crippen LogP) is 1.01. The first-order valence-corrected chi connectivity index (χ1v) is 9.15. The summed E-state index contributed by atoms with van der Waals surface area (Å²) in [5.74, 6) is -0.0911. The average molecular weight is 358 g/mol. The van der Waals surface area contributed by atoms with Crippen LogP contribution in [0.15, 0.2) is 6.20 Å². The van der Waals surface area contributed by atoms with Gasteiger partial charge in [-0.3, -0.25) is 19.1 Å². The van der Waals surface area contributed by atoms with Crippen molar-refractivity contribution in [2.75, 3.05) is 13.6 Å². The molecule has 0 unspecified atom stereocenters. The lowest BCUT2D eigenvalue weighted by atomic mass is 9.99. The molecule has 0 spiro atoms. The van der Waals surface area contributed by atoms with Crippen LogP contribution in [0.4, 0.5) is 0 Å². The number of nitrogens with one attached hydrogen (secondary N) is 1. The van der Waals surface area contributed by atoms with Crippen molar-refractivity contribution in [1.82, 2.24) is 29.8 Å². The van der Waals surface area contributed by atoms with Gasteiger partial charge < -0.3 is 10.1 Å². The van der Waals surface area contributed by atoms with Gasteiger partial charge in [-0.25, -0.2) is 0 Å². The van der Waals surface area contributed by atoms with E-state index in [-0.39, 0.29) is 18.1 Å². The van der Waals surface area contributed by atoms with Crippen LogP contribution in [0.5, 0.6) is 0 Å². The van der Waals surface area contributed by atoms with Crippen molar-refractivity contribution in [2.24, 2.45) is 7.05 Å². The first-order valence-electron chi connectivity index (χ1n) is 9.15. The van der Waals surface area contributed by atoms with Crippen molar-refractivity contribution in [2.45, 2.75) is 52.1 Å². The van der Waals surface area contributed by atoms with Gasteiger partial charge >= 0.3 is 0 Å². The van der Waals surface area contributed by atoms with Gasteiger partial charge in [0, 0.05) is 44.2 Å². The molecule has 4 rings (SSSR count). The minimum absolute atomic E-state index is 0.0836. The van der Waals surface area contributed by atoms with E-state index in [2.05, 4.69) is 27.5 Å². The Morgan fingerprint density at radius 2 is 2.15 bits per heavy atom. The van der Waals surface area contributed by atoms with Crippen molar-refractivity contribution in [3.8, 4) is 0 Å². The number of carbonyl (C=O) groups is 1. The number of aromatic nitrogens is 4. The summed E-state index contributed by atoms with van der Waals surface area (Å²) < 4.78 is 9.54. The SMILES string of the molecule is C[C@@H]1Cc2c(nn(C)c2C(=O)NCc2cnn3c2CN(C)CC3)[C@H](C)O1. The summed E-state index contributed by atoms with van der Waals surface area (Å²) in [6, 6.07) is 0. The van der Waals surface area contributed by atoms with Crippen LogP contribution in [0.1, 0.15) is 53.0 Å². The maximum Gasteiger partial charge on any atom is 0.270 e. The van der Waals surface area contributed by atoms with Crippen LogP contribution in [0, 0.1) is 0 Å². The normalized spacial score (nSPS) is 22.8. The topological polar surface area (TPSA) is 77.2 Å². The van der Waals surface area contributed by atoms with Crippen LogP contribution < -0.4 is 5.32 Å². The lowest BCUT2D eigenvalue weighted by Gasteiger charge is -2.25. The monoisotopic (exact) mass is 358 g/mol. The highest BCUT2D eigenvalue weighted by atomic mass is 16.5. The number of carbonyl (C=O) groups excluding carboxylic acids is 1. The maximum absolute atomic E-state index is 12.9. The Morgan fingerprint density at radius 3 is 2.96 bits per heavy atom. The summed E-state index contributed by atoms with van der Waals surface area (Å²) in [7, 11) is 3.92. The largest absolute Gasteiger partial charge is 0.369 e. The summed E-state index contributed by atoms with van der Waals surface area (Å²) in [5.41, 5.74) is 4.78. The minimum atomic E-state index is -0.0911. The first kappa shape index (κ1) is 17.2. The van der Waals surface area contributed by atoms with Crippen LogP contribution >= 0.6 is 0 Å². The number of rotatable bonds is 3. The van der Waals surface area contributed by atoms with E-state index in [0.717, 1.165) is 36.5 Å². The lowest BCUT2D eigenvalue weighted by molar-refractivity contribution is -0.00710.